The van der Waals surface area contributed by atoms with Crippen LogP contribution in [0.4, 0.5) is 5.69 Å². The largest absolute Gasteiger partial charge is 0.355 e. The van der Waals surface area contributed by atoms with E-state index in [4.69, 9.17) is 4.84 Å². The summed E-state index contributed by atoms with van der Waals surface area (Å²) >= 11 is 0. The van der Waals surface area contributed by atoms with Crippen molar-refractivity contribution in [3.63, 3.8) is 0 Å². The molecule has 2 aliphatic rings. The van der Waals surface area contributed by atoms with E-state index in [1.165, 1.54) is 0 Å². The molecule has 13 heteroatoms. The number of fused-ring (bicyclic) bond motifs is 2. The van der Waals surface area contributed by atoms with Crippen molar-refractivity contribution in [2.24, 2.45) is 0 Å². The third kappa shape index (κ3) is 9.17. The smallest absolute Gasteiger partial charge is 0.347 e. The second-order valence-electron chi connectivity index (χ2n) is 11.3. The standard InChI is InChI=1S/C36H33N5O8/c42-30(16-17-33(45)40-23-27-12-5-4-10-25(27)14-15-26-11-6-7-13-29(26)40)37-21-31(43)38-22-32(44)39-28(20-24-8-2-1-3-9-24)36(48)49-41-34(46)18-19-35(41)47/h1-13,28H,16-23H2,(H,37,42)(H,38,43)(H,39,44). The molecule has 0 radical (unpaired) electrons. The monoisotopic (exact) mass is 663 g/mol. The number of hydrogen-bond acceptors (Lipinski definition) is 8. The lowest BCUT2D eigenvalue weighted by Crippen LogP contribution is -2.50. The van der Waals surface area contributed by atoms with E-state index in [1.807, 2.05) is 42.5 Å². The highest BCUT2D eigenvalue weighted by molar-refractivity contribution is 6.02. The Labute approximate surface area is 281 Å². The second-order valence-corrected chi connectivity index (χ2v) is 11.3. The third-order valence-electron chi connectivity index (χ3n) is 7.72. The van der Waals surface area contributed by atoms with Gasteiger partial charge in [-0.2, -0.15) is 0 Å². The maximum absolute atomic E-state index is 13.3. The number of carbonyl (C=O) groups is 7. The van der Waals surface area contributed by atoms with E-state index in [2.05, 4.69) is 27.8 Å². The van der Waals surface area contributed by atoms with E-state index < -0.39 is 54.6 Å². The van der Waals surface area contributed by atoms with E-state index in [0.717, 1.165) is 11.1 Å². The first-order chi connectivity index (χ1) is 23.7. The van der Waals surface area contributed by atoms with Crippen LogP contribution in [0.2, 0.25) is 0 Å². The number of imide groups is 1. The molecule has 0 saturated carbocycles. The van der Waals surface area contributed by atoms with Crippen molar-refractivity contribution in [2.45, 2.75) is 44.7 Å². The van der Waals surface area contributed by atoms with E-state index in [-0.39, 0.29) is 44.6 Å². The summed E-state index contributed by atoms with van der Waals surface area (Å²) in [4.78, 5) is 94.2. The molecule has 1 fully saturated rings. The number of nitrogens with one attached hydrogen (secondary N) is 3. The maximum atomic E-state index is 13.3. The molecule has 1 saturated heterocycles. The molecule has 1 atom stereocenters. The molecular formula is C36H33N5O8. The van der Waals surface area contributed by atoms with Crippen LogP contribution in [-0.2, 0) is 51.4 Å². The summed E-state index contributed by atoms with van der Waals surface area (Å²) in [7, 11) is 0. The number of para-hydroxylation sites is 1. The summed E-state index contributed by atoms with van der Waals surface area (Å²) < 4.78 is 0. The van der Waals surface area contributed by atoms with Crippen molar-refractivity contribution in [3.05, 3.63) is 101 Å². The molecule has 49 heavy (non-hydrogen) atoms. The van der Waals surface area contributed by atoms with Crippen molar-refractivity contribution >= 4 is 47.1 Å². The summed E-state index contributed by atoms with van der Waals surface area (Å²) in [6.45, 7) is -0.707. The van der Waals surface area contributed by atoms with Crippen LogP contribution in [0.5, 0.6) is 0 Å². The third-order valence-corrected chi connectivity index (χ3v) is 7.72. The van der Waals surface area contributed by atoms with Crippen LogP contribution in [0.1, 0.15) is 47.9 Å². The Morgan fingerprint density at radius 2 is 1.33 bits per heavy atom. The van der Waals surface area contributed by atoms with E-state index in [9.17, 15) is 33.6 Å². The molecule has 2 aliphatic heterocycles. The molecule has 13 nitrogen and oxygen atoms in total. The molecule has 0 spiro atoms. The summed E-state index contributed by atoms with van der Waals surface area (Å²) in [5, 5.41) is 7.66. The lowest BCUT2D eigenvalue weighted by atomic mass is 10.0. The fourth-order valence-electron chi connectivity index (χ4n) is 5.17. The Balaban J connectivity index is 1.09. The zero-order valence-corrected chi connectivity index (χ0v) is 26.4. The van der Waals surface area contributed by atoms with Gasteiger partial charge in [0.15, 0.2) is 0 Å². The molecule has 3 aromatic rings. The number of hydroxylamine groups is 2. The first-order valence-electron chi connectivity index (χ1n) is 15.6. The maximum Gasteiger partial charge on any atom is 0.355 e. The van der Waals surface area contributed by atoms with Gasteiger partial charge in [-0.1, -0.05) is 72.5 Å². The molecule has 6 amide bonds. The van der Waals surface area contributed by atoms with Gasteiger partial charge in [0.2, 0.25) is 23.6 Å². The van der Waals surface area contributed by atoms with Crippen LogP contribution >= 0.6 is 0 Å². The van der Waals surface area contributed by atoms with Gasteiger partial charge in [-0.25, -0.2) is 4.79 Å². The lowest BCUT2D eigenvalue weighted by Gasteiger charge is -2.26. The summed E-state index contributed by atoms with van der Waals surface area (Å²) in [6.07, 6.45) is -0.471. The average Bonchev–Trinajstić information content (AvgIpc) is 3.42. The highest BCUT2D eigenvalue weighted by atomic mass is 16.7. The molecule has 0 aromatic heterocycles. The first kappa shape index (κ1) is 34.1. The van der Waals surface area contributed by atoms with Crippen molar-refractivity contribution in [2.75, 3.05) is 18.0 Å². The Morgan fingerprint density at radius 1 is 0.714 bits per heavy atom. The van der Waals surface area contributed by atoms with Crippen molar-refractivity contribution in [1.82, 2.24) is 21.0 Å². The average molecular weight is 664 g/mol. The molecule has 250 valence electrons. The lowest BCUT2D eigenvalue weighted by molar-refractivity contribution is -0.199. The van der Waals surface area contributed by atoms with Gasteiger partial charge >= 0.3 is 5.97 Å². The normalized spacial score (nSPS) is 13.8. The van der Waals surface area contributed by atoms with Crippen LogP contribution < -0.4 is 20.9 Å². The Bertz CT molecular complexity index is 1830. The highest BCUT2D eigenvalue weighted by Crippen LogP contribution is 2.26. The summed E-state index contributed by atoms with van der Waals surface area (Å²) in [5.41, 5.74) is 3.69. The number of benzene rings is 3. The minimum Gasteiger partial charge on any atom is -0.347 e. The first-order valence-corrected chi connectivity index (χ1v) is 15.6. The summed E-state index contributed by atoms with van der Waals surface area (Å²) in [5.74, 6) is 1.68. The van der Waals surface area contributed by atoms with Crippen LogP contribution in [0.3, 0.4) is 0 Å². The molecule has 3 aromatic carbocycles. The zero-order valence-electron chi connectivity index (χ0n) is 26.4. The molecule has 1 unspecified atom stereocenters. The number of amides is 6. The number of hydrogen-bond donors (Lipinski definition) is 3. The second kappa shape index (κ2) is 16.0. The van der Waals surface area contributed by atoms with Gasteiger partial charge < -0.3 is 25.7 Å². The number of nitrogens with zero attached hydrogens (tertiary/aromatic N) is 2. The van der Waals surface area contributed by atoms with Gasteiger partial charge in [-0.15, -0.1) is 5.06 Å². The van der Waals surface area contributed by atoms with Gasteiger partial charge in [-0.05, 0) is 29.3 Å². The van der Waals surface area contributed by atoms with Crippen LogP contribution in [0.25, 0.3) is 0 Å². The molecule has 0 bridgehead atoms. The number of rotatable bonds is 12. The number of carbonyl (C=O) groups excluding carboxylic acids is 7. The van der Waals surface area contributed by atoms with Gasteiger partial charge in [-0.3, -0.25) is 28.8 Å². The quantitative estimate of drug-likeness (QED) is 0.192. The topological polar surface area (TPSA) is 171 Å². The minimum atomic E-state index is -1.27. The van der Waals surface area contributed by atoms with Crippen LogP contribution in [-0.4, -0.2) is 65.6 Å². The van der Waals surface area contributed by atoms with E-state index in [0.29, 0.717) is 21.9 Å². The SMILES string of the molecule is O=C(CCC(=O)N1Cc2ccccc2C#Cc2ccccc21)NCC(=O)NCC(=O)NC(Cc1ccccc1)C(=O)ON1C(=O)CCC1=O. The highest BCUT2D eigenvalue weighted by Gasteiger charge is 2.35. The predicted octanol–water partition coefficient (Wildman–Crippen LogP) is 1.28. The fourth-order valence-corrected chi connectivity index (χ4v) is 5.17. The Hall–Kier alpha value is -6.29. The molecular weight excluding hydrogens is 630 g/mol. The van der Waals surface area contributed by atoms with Crippen molar-refractivity contribution in [3.8, 4) is 11.8 Å². The van der Waals surface area contributed by atoms with Crippen LogP contribution in [0, 0.1) is 11.8 Å². The van der Waals surface area contributed by atoms with Gasteiger partial charge in [0, 0.05) is 43.2 Å². The van der Waals surface area contributed by atoms with E-state index in [1.54, 1.807) is 41.3 Å². The van der Waals surface area contributed by atoms with Gasteiger partial charge in [0.1, 0.15) is 6.04 Å². The van der Waals surface area contributed by atoms with E-state index >= 15 is 0 Å². The van der Waals surface area contributed by atoms with Gasteiger partial charge in [0.25, 0.3) is 11.8 Å². The predicted molar refractivity (Wildman–Crippen MR) is 175 cm³/mol. The van der Waals surface area contributed by atoms with Gasteiger partial charge in [0.05, 0.1) is 25.3 Å². The minimum absolute atomic E-state index is 0.00666. The zero-order chi connectivity index (χ0) is 34.8. The number of anilines is 1. The fraction of sp³-hybridized carbons (Fsp3) is 0.250. The molecule has 5 rings (SSSR count). The summed E-state index contributed by atoms with van der Waals surface area (Å²) in [6, 6.07) is 22.2. The Morgan fingerprint density at radius 3 is 2.08 bits per heavy atom. The molecule has 2 heterocycles. The van der Waals surface area contributed by atoms with Crippen molar-refractivity contribution < 1.29 is 38.4 Å². The molecule has 3 N–H and O–H groups in total. The van der Waals surface area contributed by atoms with Crippen LogP contribution in [0.15, 0.2) is 78.9 Å². The van der Waals surface area contributed by atoms with Crippen molar-refractivity contribution in [1.29, 1.82) is 0 Å². The Kier molecular flexibility index (Phi) is 11.1. The molecule has 0 aliphatic carbocycles.